The molecule has 0 fully saturated rings. The van der Waals surface area contributed by atoms with Gasteiger partial charge in [-0.05, 0) is 31.2 Å². The number of rotatable bonds is 5. The van der Waals surface area contributed by atoms with Crippen LogP contribution in [0, 0.1) is 0 Å². The second-order valence-corrected chi connectivity index (χ2v) is 5.40. The topological polar surface area (TPSA) is 49.3 Å². The third-order valence-corrected chi connectivity index (χ3v) is 3.43. The van der Waals surface area contributed by atoms with Crippen molar-refractivity contribution in [2.45, 2.75) is 18.7 Å². The van der Waals surface area contributed by atoms with Gasteiger partial charge in [0, 0.05) is 16.8 Å². The zero-order valence-electron chi connectivity index (χ0n) is 12.4. The number of nitrogens with one attached hydrogen (secondary N) is 1. The largest absolute Gasteiger partial charge is 0.418 e. The first kappa shape index (κ1) is 17.0. The summed E-state index contributed by atoms with van der Waals surface area (Å²) in [5.41, 5.74) is -1.47. The van der Waals surface area contributed by atoms with E-state index < -0.39 is 18.3 Å². The van der Waals surface area contributed by atoms with E-state index in [2.05, 4.69) is 5.32 Å². The molecule has 0 aliphatic heterocycles. The van der Waals surface area contributed by atoms with Gasteiger partial charge in [-0.15, -0.1) is 0 Å². The Morgan fingerprint density at radius 2 is 1.52 bits per heavy atom. The predicted octanol–water partition coefficient (Wildman–Crippen LogP) is 3.64. The number of hydrogen-bond acceptors (Lipinski definition) is 3. The Balaban J connectivity index is 2.04. The molecule has 0 radical (unpaired) electrons. The van der Waals surface area contributed by atoms with Crippen LogP contribution in [0.25, 0.3) is 0 Å². The molecule has 3 nitrogen and oxygen atoms in total. The fourth-order valence-electron chi connectivity index (χ4n) is 1.87. The number of halogens is 3. The molecule has 0 aliphatic carbocycles. The smallest absolute Gasteiger partial charge is 0.382 e. The number of benzene rings is 2. The Labute approximate surface area is 131 Å². The Morgan fingerprint density at radius 1 is 1.00 bits per heavy atom. The molecule has 0 saturated heterocycles. The van der Waals surface area contributed by atoms with Gasteiger partial charge in [-0.3, -0.25) is 4.79 Å². The predicted molar refractivity (Wildman–Crippen MR) is 81.5 cm³/mol. The molecule has 0 heterocycles. The molecule has 122 valence electrons. The number of carbonyl (C=O) groups excluding carboxylic acids is 1. The van der Waals surface area contributed by atoms with Crippen LogP contribution >= 0.6 is 0 Å². The van der Waals surface area contributed by atoms with E-state index in [0.29, 0.717) is 23.7 Å². The van der Waals surface area contributed by atoms with Gasteiger partial charge in [0.05, 0.1) is 6.54 Å². The molecule has 2 N–H and O–H groups in total. The first-order valence-electron chi connectivity index (χ1n) is 6.93. The van der Waals surface area contributed by atoms with E-state index in [9.17, 15) is 23.1 Å². The van der Waals surface area contributed by atoms with Crippen LogP contribution in [0.1, 0.15) is 22.8 Å². The molecule has 1 unspecified atom stereocenters. The highest BCUT2D eigenvalue weighted by molar-refractivity contribution is 6.09. The van der Waals surface area contributed by atoms with E-state index in [0.717, 1.165) is 0 Å². The number of alkyl halides is 3. The maximum absolute atomic E-state index is 12.6. The molecular formula is C17H16F3NO2. The Bertz CT molecular complexity index is 664. The summed E-state index contributed by atoms with van der Waals surface area (Å²) in [7, 11) is 0. The van der Waals surface area contributed by atoms with E-state index in [4.69, 9.17) is 0 Å². The first-order valence-corrected chi connectivity index (χ1v) is 6.93. The molecule has 1 atom stereocenters. The molecule has 0 aliphatic rings. The summed E-state index contributed by atoms with van der Waals surface area (Å²) in [5.74, 6) is -0.167. The molecule has 0 saturated carbocycles. The lowest BCUT2D eigenvalue weighted by molar-refractivity contribution is -0.246. The monoisotopic (exact) mass is 323 g/mol. The fourth-order valence-corrected chi connectivity index (χ4v) is 1.87. The lowest BCUT2D eigenvalue weighted by atomic mass is 10.0. The fraction of sp³-hybridized carbons (Fsp3) is 0.235. The summed E-state index contributed by atoms with van der Waals surface area (Å²) in [4.78, 5) is 12.2. The van der Waals surface area contributed by atoms with Crippen LogP contribution in [0.4, 0.5) is 18.9 Å². The zero-order chi connectivity index (χ0) is 17.1. The van der Waals surface area contributed by atoms with E-state index in [1.54, 1.807) is 30.3 Å². The SMILES string of the molecule is CC(O)(CNc1ccc(C(=O)c2ccccc2)cc1)C(F)(F)F. The average molecular weight is 323 g/mol. The molecule has 0 aromatic heterocycles. The van der Waals surface area contributed by atoms with Crippen molar-refractivity contribution >= 4 is 11.5 Å². The minimum Gasteiger partial charge on any atom is -0.382 e. The minimum absolute atomic E-state index is 0.167. The summed E-state index contributed by atoms with van der Waals surface area (Å²) in [5, 5.41) is 11.9. The van der Waals surface area contributed by atoms with E-state index in [-0.39, 0.29) is 5.78 Å². The number of ketones is 1. The lowest BCUT2D eigenvalue weighted by Gasteiger charge is -2.26. The highest BCUT2D eigenvalue weighted by Crippen LogP contribution is 2.30. The summed E-state index contributed by atoms with van der Waals surface area (Å²) >= 11 is 0. The van der Waals surface area contributed by atoms with Crippen LogP contribution in [0.3, 0.4) is 0 Å². The second kappa shape index (κ2) is 6.42. The Kier molecular flexibility index (Phi) is 4.75. The molecular weight excluding hydrogens is 307 g/mol. The lowest BCUT2D eigenvalue weighted by Crippen LogP contribution is -2.47. The summed E-state index contributed by atoms with van der Waals surface area (Å²) < 4.78 is 37.7. The molecule has 2 aromatic rings. The van der Waals surface area contributed by atoms with Crippen molar-refractivity contribution in [2.24, 2.45) is 0 Å². The van der Waals surface area contributed by atoms with Gasteiger partial charge < -0.3 is 10.4 Å². The van der Waals surface area contributed by atoms with E-state index in [1.165, 1.54) is 24.3 Å². The van der Waals surface area contributed by atoms with Crippen LogP contribution < -0.4 is 5.32 Å². The van der Waals surface area contributed by atoms with Gasteiger partial charge in [-0.2, -0.15) is 13.2 Å². The van der Waals surface area contributed by atoms with Crippen molar-refractivity contribution in [3.8, 4) is 0 Å². The number of aliphatic hydroxyl groups is 1. The van der Waals surface area contributed by atoms with E-state index >= 15 is 0 Å². The van der Waals surface area contributed by atoms with Crippen LogP contribution in [-0.2, 0) is 0 Å². The third-order valence-electron chi connectivity index (χ3n) is 3.43. The summed E-state index contributed by atoms with van der Waals surface area (Å²) in [6, 6.07) is 14.7. The number of anilines is 1. The number of carbonyl (C=O) groups is 1. The van der Waals surface area contributed by atoms with Crippen molar-refractivity contribution in [1.29, 1.82) is 0 Å². The minimum atomic E-state index is -4.72. The molecule has 2 aromatic carbocycles. The highest BCUT2D eigenvalue weighted by atomic mass is 19.4. The van der Waals surface area contributed by atoms with Crippen molar-refractivity contribution in [3.05, 3.63) is 65.7 Å². The normalized spacial score (nSPS) is 14.1. The second-order valence-electron chi connectivity index (χ2n) is 5.40. The van der Waals surface area contributed by atoms with Gasteiger partial charge in [0.25, 0.3) is 0 Å². The molecule has 0 spiro atoms. The van der Waals surface area contributed by atoms with E-state index in [1.807, 2.05) is 0 Å². The quantitative estimate of drug-likeness (QED) is 0.826. The number of hydrogen-bond donors (Lipinski definition) is 2. The third kappa shape index (κ3) is 4.10. The standard InChI is InChI=1S/C17H16F3NO2/c1-16(23,17(18,19)20)11-21-14-9-7-13(8-10-14)15(22)12-5-3-2-4-6-12/h2-10,21,23H,11H2,1H3. The maximum Gasteiger partial charge on any atom is 0.418 e. The van der Waals surface area contributed by atoms with Crippen LogP contribution in [0.2, 0.25) is 0 Å². The van der Waals surface area contributed by atoms with Crippen LogP contribution in [-0.4, -0.2) is 29.2 Å². The Hall–Kier alpha value is -2.34. The van der Waals surface area contributed by atoms with Crippen molar-refractivity contribution in [3.63, 3.8) is 0 Å². The van der Waals surface area contributed by atoms with Crippen molar-refractivity contribution < 1.29 is 23.1 Å². The van der Waals surface area contributed by atoms with Crippen LogP contribution in [0.15, 0.2) is 54.6 Å². The van der Waals surface area contributed by atoms with Gasteiger partial charge in [-0.25, -0.2) is 0 Å². The van der Waals surface area contributed by atoms with Crippen molar-refractivity contribution in [2.75, 3.05) is 11.9 Å². The maximum atomic E-state index is 12.6. The van der Waals surface area contributed by atoms with Crippen LogP contribution in [0.5, 0.6) is 0 Å². The molecule has 0 bridgehead atoms. The van der Waals surface area contributed by atoms with Gasteiger partial charge >= 0.3 is 6.18 Å². The molecule has 6 heteroatoms. The van der Waals surface area contributed by atoms with Gasteiger partial charge in [0.2, 0.25) is 0 Å². The molecule has 23 heavy (non-hydrogen) atoms. The van der Waals surface area contributed by atoms with Gasteiger partial charge in [0.15, 0.2) is 11.4 Å². The first-order chi connectivity index (χ1) is 10.7. The van der Waals surface area contributed by atoms with Crippen molar-refractivity contribution in [1.82, 2.24) is 0 Å². The molecule has 2 rings (SSSR count). The molecule has 0 amide bonds. The Morgan fingerprint density at radius 3 is 2.04 bits per heavy atom. The summed E-state index contributed by atoms with van der Waals surface area (Å²) in [6.45, 7) is 0.0236. The van der Waals surface area contributed by atoms with Gasteiger partial charge in [-0.1, -0.05) is 30.3 Å². The summed E-state index contributed by atoms with van der Waals surface area (Å²) in [6.07, 6.45) is -4.72. The average Bonchev–Trinajstić information content (AvgIpc) is 2.52. The van der Waals surface area contributed by atoms with Gasteiger partial charge in [0.1, 0.15) is 0 Å². The zero-order valence-corrected chi connectivity index (χ0v) is 12.4. The highest BCUT2D eigenvalue weighted by Gasteiger charge is 2.49.